The van der Waals surface area contributed by atoms with Crippen molar-refractivity contribution in [3.8, 4) is 5.75 Å². The van der Waals surface area contributed by atoms with Crippen molar-refractivity contribution in [2.24, 2.45) is 4.99 Å². The highest BCUT2D eigenvalue weighted by atomic mass is 32.2. The van der Waals surface area contributed by atoms with Gasteiger partial charge in [-0.25, -0.2) is 0 Å². The molecule has 5 nitrogen and oxygen atoms in total. The van der Waals surface area contributed by atoms with Crippen molar-refractivity contribution in [3.63, 3.8) is 0 Å². The molecule has 2 aromatic rings. The number of nitro groups is 1. The van der Waals surface area contributed by atoms with Crippen molar-refractivity contribution in [1.29, 1.82) is 0 Å². The lowest BCUT2D eigenvalue weighted by molar-refractivity contribution is -0.384. The first-order valence-electron chi connectivity index (χ1n) is 7.01. The van der Waals surface area contributed by atoms with E-state index in [2.05, 4.69) is 11.1 Å². The fourth-order valence-corrected chi connectivity index (χ4v) is 2.73. The lowest BCUT2D eigenvalue weighted by atomic mass is 10.2. The Hall–Kier alpha value is -2.60. The number of rotatable bonds is 5. The molecule has 0 saturated heterocycles. The molecule has 0 fully saturated rings. The average Bonchev–Trinajstić information content (AvgIpc) is 3.07. The van der Waals surface area contributed by atoms with Crippen LogP contribution in [0.5, 0.6) is 5.75 Å². The lowest BCUT2D eigenvalue weighted by Crippen LogP contribution is -1.96. The molecule has 1 heterocycles. The van der Waals surface area contributed by atoms with Crippen LogP contribution >= 0.6 is 11.8 Å². The molecule has 116 valence electrons. The molecule has 1 aliphatic rings. The molecule has 0 unspecified atom stereocenters. The summed E-state index contributed by atoms with van der Waals surface area (Å²) >= 11 is 1.71. The second-order valence-electron chi connectivity index (χ2n) is 4.91. The monoisotopic (exact) mass is 326 g/mol. The van der Waals surface area contributed by atoms with Gasteiger partial charge in [0.05, 0.1) is 10.8 Å². The molecule has 1 aliphatic heterocycles. The Morgan fingerprint density at radius 3 is 2.52 bits per heavy atom. The van der Waals surface area contributed by atoms with Gasteiger partial charge in [0.15, 0.2) is 0 Å². The molecule has 2 aromatic carbocycles. The zero-order chi connectivity index (χ0) is 16.1. The van der Waals surface area contributed by atoms with Gasteiger partial charge in [-0.1, -0.05) is 12.1 Å². The summed E-state index contributed by atoms with van der Waals surface area (Å²) < 4.78 is 5.70. The smallest absolute Gasteiger partial charge is 0.269 e. The molecular formula is C17H14N2O3S. The van der Waals surface area contributed by atoms with Crippen molar-refractivity contribution in [3.05, 3.63) is 74.7 Å². The van der Waals surface area contributed by atoms with Crippen LogP contribution in [0.1, 0.15) is 11.1 Å². The SMILES string of the molecule is O=[N+]([O-])c1ccc(COc2ccc(C=C3C=NCS3)cc2)cc1. The number of benzene rings is 2. The van der Waals surface area contributed by atoms with Crippen LogP contribution in [-0.2, 0) is 6.61 Å². The average molecular weight is 326 g/mol. The number of thioether (sulfide) groups is 1. The van der Waals surface area contributed by atoms with Crippen molar-refractivity contribution >= 4 is 29.7 Å². The van der Waals surface area contributed by atoms with Crippen LogP contribution in [0, 0.1) is 10.1 Å². The zero-order valence-corrected chi connectivity index (χ0v) is 13.0. The number of ether oxygens (including phenoxy) is 1. The highest BCUT2D eigenvalue weighted by molar-refractivity contribution is 8.04. The zero-order valence-electron chi connectivity index (χ0n) is 12.2. The van der Waals surface area contributed by atoms with Gasteiger partial charge in [0, 0.05) is 23.3 Å². The molecule has 6 heteroatoms. The topological polar surface area (TPSA) is 64.7 Å². The highest BCUT2D eigenvalue weighted by Gasteiger charge is 2.05. The molecule has 3 rings (SSSR count). The fourth-order valence-electron chi connectivity index (χ4n) is 2.06. The number of hydrogen-bond donors (Lipinski definition) is 0. The van der Waals surface area contributed by atoms with E-state index >= 15 is 0 Å². The maximum atomic E-state index is 10.6. The van der Waals surface area contributed by atoms with E-state index in [1.807, 2.05) is 30.5 Å². The van der Waals surface area contributed by atoms with Gasteiger partial charge >= 0.3 is 0 Å². The van der Waals surface area contributed by atoms with Crippen LogP contribution in [0.4, 0.5) is 5.69 Å². The van der Waals surface area contributed by atoms with Gasteiger partial charge in [0.1, 0.15) is 12.4 Å². The first-order chi connectivity index (χ1) is 11.2. The third-order valence-corrected chi connectivity index (χ3v) is 4.10. The van der Waals surface area contributed by atoms with Crippen molar-refractivity contribution in [1.82, 2.24) is 0 Å². The number of allylic oxidation sites excluding steroid dienone is 1. The fraction of sp³-hybridized carbons (Fsp3) is 0.118. The van der Waals surface area contributed by atoms with Crippen molar-refractivity contribution in [2.75, 3.05) is 5.88 Å². The number of non-ortho nitro benzene ring substituents is 1. The Labute approximate surface area is 137 Å². The lowest BCUT2D eigenvalue weighted by Gasteiger charge is -2.06. The van der Waals surface area contributed by atoms with E-state index in [0.717, 1.165) is 27.7 Å². The molecule has 0 atom stereocenters. The van der Waals surface area contributed by atoms with Gasteiger partial charge in [-0.05, 0) is 41.5 Å². The van der Waals surface area contributed by atoms with E-state index in [9.17, 15) is 10.1 Å². The predicted octanol–water partition coefficient (Wildman–Crippen LogP) is 4.29. The van der Waals surface area contributed by atoms with Crippen molar-refractivity contribution in [2.45, 2.75) is 6.61 Å². The normalized spacial score (nSPS) is 15.0. The molecule has 23 heavy (non-hydrogen) atoms. The largest absolute Gasteiger partial charge is 0.489 e. The molecular weight excluding hydrogens is 312 g/mol. The van der Waals surface area contributed by atoms with Gasteiger partial charge in [-0.2, -0.15) is 0 Å². The molecule has 0 spiro atoms. The summed E-state index contributed by atoms with van der Waals surface area (Å²) in [7, 11) is 0. The summed E-state index contributed by atoms with van der Waals surface area (Å²) in [4.78, 5) is 15.5. The Bertz CT molecular complexity index is 752. The third-order valence-electron chi connectivity index (χ3n) is 3.27. The van der Waals surface area contributed by atoms with Crippen LogP contribution in [-0.4, -0.2) is 17.0 Å². The minimum atomic E-state index is -0.411. The van der Waals surface area contributed by atoms with Crippen LogP contribution < -0.4 is 4.74 Å². The molecule has 0 radical (unpaired) electrons. The van der Waals surface area contributed by atoms with E-state index in [1.54, 1.807) is 23.9 Å². The summed E-state index contributed by atoms with van der Waals surface area (Å²) in [6.45, 7) is 0.376. The molecule has 0 bridgehead atoms. The van der Waals surface area contributed by atoms with Gasteiger partial charge in [0.2, 0.25) is 0 Å². The van der Waals surface area contributed by atoms with Crippen LogP contribution in [0.3, 0.4) is 0 Å². The van der Waals surface area contributed by atoms with E-state index in [1.165, 1.54) is 12.1 Å². The molecule has 0 N–H and O–H groups in total. The van der Waals surface area contributed by atoms with E-state index in [0.29, 0.717) is 6.61 Å². The molecule has 0 saturated carbocycles. The number of aliphatic imine (C=N–C) groups is 1. The molecule has 0 aromatic heterocycles. The molecule has 0 aliphatic carbocycles. The quantitative estimate of drug-likeness (QED) is 0.607. The van der Waals surface area contributed by atoms with Crippen LogP contribution in [0.2, 0.25) is 0 Å². The van der Waals surface area contributed by atoms with E-state index in [4.69, 9.17) is 4.74 Å². The third kappa shape index (κ3) is 4.20. The Balaban J connectivity index is 1.59. The maximum absolute atomic E-state index is 10.6. The number of nitro benzene ring substituents is 1. The minimum absolute atomic E-state index is 0.0828. The highest BCUT2D eigenvalue weighted by Crippen LogP contribution is 2.23. The maximum Gasteiger partial charge on any atom is 0.269 e. The van der Waals surface area contributed by atoms with Gasteiger partial charge < -0.3 is 4.74 Å². The summed E-state index contributed by atoms with van der Waals surface area (Å²) in [5.41, 5.74) is 2.07. The summed E-state index contributed by atoms with van der Waals surface area (Å²) in [6, 6.07) is 14.2. The van der Waals surface area contributed by atoms with Gasteiger partial charge in [-0.15, -0.1) is 11.8 Å². The second kappa shape index (κ2) is 7.11. The Morgan fingerprint density at radius 1 is 1.17 bits per heavy atom. The Kier molecular flexibility index (Phi) is 4.73. The van der Waals surface area contributed by atoms with Crippen LogP contribution in [0.15, 0.2) is 58.4 Å². The first kappa shape index (κ1) is 15.3. The van der Waals surface area contributed by atoms with E-state index in [-0.39, 0.29) is 5.69 Å². The first-order valence-corrected chi connectivity index (χ1v) is 8.00. The van der Waals surface area contributed by atoms with Crippen molar-refractivity contribution < 1.29 is 9.66 Å². The standard InChI is InChI=1S/C17H14N2O3S/c20-19(21)15-5-1-14(2-6-15)11-22-16-7-3-13(4-8-16)9-17-10-18-12-23-17/h1-10H,11-12H2. The summed E-state index contributed by atoms with van der Waals surface area (Å²) in [5.74, 6) is 1.56. The van der Waals surface area contributed by atoms with E-state index < -0.39 is 4.92 Å². The number of hydrogen-bond acceptors (Lipinski definition) is 5. The van der Waals surface area contributed by atoms with Crippen LogP contribution in [0.25, 0.3) is 6.08 Å². The predicted molar refractivity (Wildman–Crippen MR) is 92.8 cm³/mol. The minimum Gasteiger partial charge on any atom is -0.489 e. The Morgan fingerprint density at radius 2 is 1.91 bits per heavy atom. The second-order valence-corrected chi connectivity index (χ2v) is 5.93. The van der Waals surface area contributed by atoms with Gasteiger partial charge in [0.25, 0.3) is 5.69 Å². The molecule has 0 amide bonds. The summed E-state index contributed by atoms with van der Waals surface area (Å²) in [5, 5.41) is 10.6. The van der Waals surface area contributed by atoms with Gasteiger partial charge in [-0.3, -0.25) is 15.1 Å². The summed E-state index contributed by atoms with van der Waals surface area (Å²) in [6.07, 6.45) is 3.96. The number of nitrogens with zero attached hydrogens (tertiary/aromatic N) is 2.